The molecular formula is C14H10N2O3S. The van der Waals surface area contributed by atoms with Crippen LogP contribution in [0.5, 0.6) is 0 Å². The third kappa shape index (κ3) is 1.90. The van der Waals surface area contributed by atoms with Gasteiger partial charge in [-0.15, -0.1) is 11.3 Å². The van der Waals surface area contributed by atoms with Gasteiger partial charge in [-0.3, -0.25) is 14.9 Å². The molecule has 100 valence electrons. The molecule has 5 nitrogen and oxygen atoms in total. The normalized spacial score (nSPS) is 10.8. The quantitative estimate of drug-likeness (QED) is 0.453. The number of nitrogens with one attached hydrogen (secondary N) is 1. The highest BCUT2D eigenvalue weighted by Gasteiger charge is 2.18. The molecular weight excluding hydrogens is 276 g/mol. The van der Waals surface area contributed by atoms with Gasteiger partial charge in [0.25, 0.3) is 5.69 Å². The lowest BCUT2D eigenvalue weighted by Crippen LogP contribution is -1.99. The van der Waals surface area contributed by atoms with Crippen LogP contribution in [0.25, 0.3) is 10.9 Å². The number of H-pyrrole nitrogens is 1. The number of carbonyl (C=O) groups is 1. The smallest absolute Gasteiger partial charge is 0.271 e. The number of thiophene rings is 1. The van der Waals surface area contributed by atoms with Crippen LogP contribution in [0.15, 0.2) is 35.8 Å². The molecule has 0 saturated carbocycles. The average molecular weight is 286 g/mol. The number of rotatable bonds is 3. The van der Waals surface area contributed by atoms with E-state index < -0.39 is 4.92 Å². The molecule has 0 amide bonds. The summed E-state index contributed by atoms with van der Waals surface area (Å²) in [5.74, 6) is -0.0578. The first-order chi connectivity index (χ1) is 9.58. The van der Waals surface area contributed by atoms with Gasteiger partial charge in [0.1, 0.15) is 0 Å². The van der Waals surface area contributed by atoms with Crippen LogP contribution in [0.2, 0.25) is 0 Å². The standard InChI is InChI=1S/C14H10N2O3S/c1-8-4-5-20-14(8)13(17)11-7-15-12-6-9(16(18)19)2-3-10(11)12/h2-7,15H,1H3. The van der Waals surface area contributed by atoms with Crippen LogP contribution in [-0.2, 0) is 0 Å². The number of aromatic amines is 1. The van der Waals surface area contributed by atoms with Crippen molar-refractivity contribution in [2.45, 2.75) is 6.92 Å². The molecule has 0 radical (unpaired) electrons. The number of nitrogens with zero attached hydrogens (tertiary/aromatic N) is 1. The van der Waals surface area contributed by atoms with Crippen molar-refractivity contribution in [3.63, 3.8) is 0 Å². The number of aryl methyl sites for hydroxylation is 1. The van der Waals surface area contributed by atoms with Gasteiger partial charge in [-0.25, -0.2) is 0 Å². The van der Waals surface area contributed by atoms with E-state index in [0.717, 1.165) is 5.56 Å². The Morgan fingerprint density at radius 3 is 2.80 bits per heavy atom. The summed E-state index contributed by atoms with van der Waals surface area (Å²) in [6.07, 6.45) is 1.61. The molecule has 1 aromatic carbocycles. The molecule has 0 unspecified atom stereocenters. The Hall–Kier alpha value is -2.47. The molecule has 0 bridgehead atoms. The van der Waals surface area contributed by atoms with E-state index in [9.17, 15) is 14.9 Å². The summed E-state index contributed by atoms with van der Waals surface area (Å²) in [5, 5.41) is 13.3. The van der Waals surface area contributed by atoms with Gasteiger partial charge in [-0.2, -0.15) is 0 Å². The van der Waals surface area contributed by atoms with Gasteiger partial charge < -0.3 is 4.98 Å². The van der Waals surface area contributed by atoms with Gasteiger partial charge >= 0.3 is 0 Å². The summed E-state index contributed by atoms with van der Waals surface area (Å²) in [7, 11) is 0. The third-order valence-electron chi connectivity index (χ3n) is 3.19. The molecule has 0 aliphatic rings. The number of hydrogen-bond donors (Lipinski definition) is 1. The van der Waals surface area contributed by atoms with Crippen molar-refractivity contribution < 1.29 is 9.72 Å². The number of nitro groups is 1. The molecule has 0 fully saturated rings. The average Bonchev–Trinajstić information content (AvgIpc) is 3.03. The molecule has 2 heterocycles. The first-order valence-corrected chi connectivity index (χ1v) is 6.80. The Morgan fingerprint density at radius 2 is 2.15 bits per heavy atom. The number of hydrogen-bond acceptors (Lipinski definition) is 4. The molecule has 3 aromatic rings. The molecule has 20 heavy (non-hydrogen) atoms. The lowest BCUT2D eigenvalue weighted by atomic mass is 10.1. The number of benzene rings is 1. The van der Waals surface area contributed by atoms with Gasteiger partial charge in [0.05, 0.1) is 15.3 Å². The number of aromatic nitrogens is 1. The summed E-state index contributed by atoms with van der Waals surface area (Å²) in [6.45, 7) is 1.89. The number of carbonyl (C=O) groups excluding carboxylic acids is 1. The highest BCUT2D eigenvalue weighted by Crippen LogP contribution is 2.27. The maximum absolute atomic E-state index is 12.5. The SMILES string of the molecule is Cc1ccsc1C(=O)c1c[nH]c2cc([N+](=O)[O-])ccc12. The summed E-state index contributed by atoms with van der Waals surface area (Å²) >= 11 is 1.40. The van der Waals surface area contributed by atoms with Crippen LogP contribution in [-0.4, -0.2) is 15.7 Å². The molecule has 2 aromatic heterocycles. The monoisotopic (exact) mass is 286 g/mol. The van der Waals surface area contributed by atoms with E-state index in [0.29, 0.717) is 21.3 Å². The second-order valence-electron chi connectivity index (χ2n) is 4.45. The first-order valence-electron chi connectivity index (χ1n) is 5.92. The van der Waals surface area contributed by atoms with Crippen molar-refractivity contribution >= 4 is 33.7 Å². The Kier molecular flexibility index (Phi) is 2.87. The van der Waals surface area contributed by atoms with E-state index in [-0.39, 0.29) is 11.5 Å². The summed E-state index contributed by atoms with van der Waals surface area (Å²) in [5.41, 5.74) is 2.08. The van der Waals surface area contributed by atoms with Crippen LogP contribution < -0.4 is 0 Å². The summed E-state index contributed by atoms with van der Waals surface area (Å²) in [6, 6.07) is 6.36. The predicted molar refractivity (Wildman–Crippen MR) is 77.4 cm³/mol. The minimum atomic E-state index is -0.453. The van der Waals surface area contributed by atoms with E-state index in [1.165, 1.54) is 23.5 Å². The third-order valence-corrected chi connectivity index (χ3v) is 4.20. The fourth-order valence-electron chi connectivity index (χ4n) is 2.14. The van der Waals surface area contributed by atoms with Gasteiger partial charge in [-0.05, 0) is 30.0 Å². The van der Waals surface area contributed by atoms with Crippen LogP contribution in [0, 0.1) is 17.0 Å². The molecule has 3 rings (SSSR count). The number of nitro benzene ring substituents is 1. The van der Waals surface area contributed by atoms with Gasteiger partial charge in [0, 0.05) is 29.3 Å². The van der Waals surface area contributed by atoms with Gasteiger partial charge in [0.2, 0.25) is 5.78 Å². The molecule has 0 aliphatic carbocycles. The summed E-state index contributed by atoms with van der Waals surface area (Å²) in [4.78, 5) is 26.4. The zero-order chi connectivity index (χ0) is 14.3. The van der Waals surface area contributed by atoms with E-state index >= 15 is 0 Å². The molecule has 0 aliphatic heterocycles. The highest BCUT2D eigenvalue weighted by molar-refractivity contribution is 7.12. The minimum absolute atomic E-state index is 0.00523. The maximum atomic E-state index is 12.5. The highest BCUT2D eigenvalue weighted by atomic mass is 32.1. The van der Waals surface area contributed by atoms with E-state index in [1.54, 1.807) is 12.3 Å². The lowest BCUT2D eigenvalue weighted by molar-refractivity contribution is -0.384. The lowest BCUT2D eigenvalue weighted by Gasteiger charge is -1.98. The van der Waals surface area contributed by atoms with Crippen molar-refractivity contribution in [3.05, 3.63) is 62.0 Å². The van der Waals surface area contributed by atoms with Crippen LogP contribution in [0.3, 0.4) is 0 Å². The zero-order valence-electron chi connectivity index (χ0n) is 10.5. The van der Waals surface area contributed by atoms with E-state index in [2.05, 4.69) is 4.98 Å². The van der Waals surface area contributed by atoms with Gasteiger partial charge in [0.15, 0.2) is 0 Å². The topological polar surface area (TPSA) is 76.0 Å². The molecule has 1 N–H and O–H groups in total. The van der Waals surface area contributed by atoms with E-state index in [4.69, 9.17) is 0 Å². The fourth-order valence-corrected chi connectivity index (χ4v) is 3.02. The number of non-ortho nitro benzene ring substituents is 1. The Morgan fingerprint density at radius 1 is 1.35 bits per heavy atom. The molecule has 6 heteroatoms. The first kappa shape index (κ1) is 12.6. The van der Waals surface area contributed by atoms with Crippen LogP contribution in [0.4, 0.5) is 5.69 Å². The zero-order valence-corrected chi connectivity index (χ0v) is 11.4. The van der Waals surface area contributed by atoms with Crippen molar-refractivity contribution in [2.75, 3.05) is 0 Å². The number of fused-ring (bicyclic) bond motifs is 1. The molecule has 0 spiro atoms. The van der Waals surface area contributed by atoms with Gasteiger partial charge in [-0.1, -0.05) is 0 Å². The summed E-state index contributed by atoms with van der Waals surface area (Å²) < 4.78 is 0. The predicted octanol–water partition coefficient (Wildman–Crippen LogP) is 3.68. The second-order valence-corrected chi connectivity index (χ2v) is 5.37. The van der Waals surface area contributed by atoms with Crippen molar-refractivity contribution in [1.82, 2.24) is 4.98 Å². The minimum Gasteiger partial charge on any atom is -0.360 e. The fraction of sp³-hybridized carbons (Fsp3) is 0.0714. The van der Waals surface area contributed by atoms with Crippen molar-refractivity contribution in [2.24, 2.45) is 0 Å². The largest absolute Gasteiger partial charge is 0.360 e. The second kappa shape index (κ2) is 4.57. The number of ketones is 1. The van der Waals surface area contributed by atoms with Crippen molar-refractivity contribution in [1.29, 1.82) is 0 Å². The molecule has 0 saturated heterocycles. The van der Waals surface area contributed by atoms with E-state index in [1.807, 2.05) is 18.4 Å². The Labute approximate surface area is 118 Å². The Balaban J connectivity index is 2.12. The Bertz CT molecular complexity index is 832. The maximum Gasteiger partial charge on any atom is 0.271 e. The molecule has 0 atom stereocenters. The van der Waals surface area contributed by atoms with Crippen LogP contribution in [0.1, 0.15) is 20.8 Å². The van der Waals surface area contributed by atoms with Crippen LogP contribution >= 0.6 is 11.3 Å². The van der Waals surface area contributed by atoms with Crippen molar-refractivity contribution in [3.8, 4) is 0 Å².